The number of rotatable bonds is 1. The molecule has 1 N–H and O–H groups in total. The average Bonchev–Trinajstić information content (AvgIpc) is 2.79. The molecule has 1 aliphatic heterocycles. The number of hydrogen-bond donors (Lipinski definition) is 1. The molecular weight excluding hydrogens is 217 g/mol. The van der Waals surface area contributed by atoms with Crippen LogP contribution in [0.1, 0.15) is 37.4 Å². The fourth-order valence-corrected chi connectivity index (χ4v) is 2.97. The second kappa shape index (κ2) is 4.39. The normalized spacial score (nSPS) is 27.5. The first-order chi connectivity index (χ1) is 8.27. The first-order valence-corrected chi connectivity index (χ1v) is 6.40. The first kappa shape index (κ1) is 11.2. The third-order valence-corrected chi connectivity index (χ3v) is 4.00. The average molecular weight is 235 g/mol. The summed E-state index contributed by atoms with van der Waals surface area (Å²) in [5.41, 5.74) is 1.15. The van der Waals surface area contributed by atoms with Crippen molar-refractivity contribution in [2.75, 3.05) is 13.2 Å². The number of benzene rings is 1. The van der Waals surface area contributed by atoms with Gasteiger partial charge in [-0.25, -0.2) is 4.39 Å². The van der Waals surface area contributed by atoms with Gasteiger partial charge in [-0.15, -0.1) is 0 Å². The molecule has 1 saturated carbocycles. The Morgan fingerprint density at radius 3 is 2.76 bits per heavy atom. The van der Waals surface area contributed by atoms with Crippen LogP contribution in [0.5, 0.6) is 0 Å². The van der Waals surface area contributed by atoms with E-state index in [1.54, 1.807) is 12.1 Å². The first-order valence-electron chi connectivity index (χ1n) is 6.40. The lowest BCUT2D eigenvalue weighted by atomic mass is 9.95. The zero-order valence-electron chi connectivity index (χ0n) is 9.92. The molecule has 1 spiro atoms. The summed E-state index contributed by atoms with van der Waals surface area (Å²) in [5.74, 6) is -0.188. The van der Waals surface area contributed by atoms with Gasteiger partial charge in [-0.05, 0) is 30.5 Å². The Hall–Kier alpha value is -0.930. The molecule has 0 aromatic heterocycles. The topological polar surface area (TPSA) is 21.3 Å². The molecule has 1 heterocycles. The van der Waals surface area contributed by atoms with Crippen molar-refractivity contribution in [3.63, 3.8) is 0 Å². The van der Waals surface area contributed by atoms with Crippen LogP contribution in [-0.4, -0.2) is 18.7 Å². The van der Waals surface area contributed by atoms with E-state index < -0.39 is 0 Å². The third-order valence-electron chi connectivity index (χ3n) is 4.00. The highest BCUT2D eigenvalue weighted by Crippen LogP contribution is 2.34. The summed E-state index contributed by atoms with van der Waals surface area (Å²) in [6.45, 7) is 1.55. The summed E-state index contributed by atoms with van der Waals surface area (Å²) in [4.78, 5) is 0. The molecule has 2 fully saturated rings. The summed E-state index contributed by atoms with van der Waals surface area (Å²) in [5, 5.41) is 3.62. The Morgan fingerprint density at radius 2 is 2.12 bits per heavy atom. The largest absolute Gasteiger partial charge is 0.370 e. The van der Waals surface area contributed by atoms with Gasteiger partial charge in [0.05, 0.1) is 12.7 Å². The highest BCUT2D eigenvalue weighted by molar-refractivity contribution is 5.20. The molecule has 3 heteroatoms. The van der Waals surface area contributed by atoms with Gasteiger partial charge in [0.25, 0.3) is 0 Å². The molecule has 1 aromatic carbocycles. The number of ether oxygens (including phenoxy) is 1. The van der Waals surface area contributed by atoms with Crippen LogP contribution in [0, 0.1) is 5.82 Å². The highest BCUT2D eigenvalue weighted by atomic mass is 19.1. The zero-order valence-corrected chi connectivity index (χ0v) is 9.92. The van der Waals surface area contributed by atoms with E-state index in [4.69, 9.17) is 4.74 Å². The van der Waals surface area contributed by atoms with Crippen LogP contribution in [0.4, 0.5) is 4.39 Å². The monoisotopic (exact) mass is 235 g/mol. The molecule has 2 nitrogen and oxygen atoms in total. The molecule has 92 valence electrons. The van der Waals surface area contributed by atoms with Gasteiger partial charge in [0.2, 0.25) is 0 Å². The van der Waals surface area contributed by atoms with Gasteiger partial charge in [0.1, 0.15) is 5.82 Å². The molecule has 17 heavy (non-hydrogen) atoms. The third kappa shape index (κ3) is 2.22. The Morgan fingerprint density at radius 1 is 1.29 bits per heavy atom. The Labute approximate surface area is 101 Å². The van der Waals surface area contributed by atoms with Crippen molar-refractivity contribution in [1.29, 1.82) is 0 Å². The summed E-state index contributed by atoms with van der Waals surface area (Å²) in [6.07, 6.45) is 5.00. The van der Waals surface area contributed by atoms with Crippen molar-refractivity contribution in [2.45, 2.75) is 37.3 Å². The maximum absolute atomic E-state index is 13.1. The molecule has 1 atom stereocenters. The minimum Gasteiger partial charge on any atom is -0.370 e. The number of hydrogen-bond acceptors (Lipinski definition) is 2. The van der Waals surface area contributed by atoms with E-state index in [0.29, 0.717) is 0 Å². The lowest BCUT2D eigenvalue weighted by Gasteiger charge is -2.38. The predicted molar refractivity (Wildman–Crippen MR) is 64.3 cm³/mol. The molecule has 0 amide bonds. The predicted octanol–water partition coefficient (Wildman–Crippen LogP) is 2.80. The van der Waals surface area contributed by atoms with E-state index >= 15 is 0 Å². The minimum absolute atomic E-state index is 0.00285. The standard InChI is InChI=1S/C14H18FNO/c15-12-5-3-4-11(8-12)13-9-16-14(10-17-13)6-1-2-7-14/h3-5,8,13,16H,1-2,6-7,9-10H2. The molecular formula is C14H18FNO. The van der Waals surface area contributed by atoms with E-state index in [9.17, 15) is 4.39 Å². The Balaban J connectivity index is 1.68. The minimum atomic E-state index is -0.188. The summed E-state index contributed by atoms with van der Waals surface area (Å²) < 4.78 is 19.1. The maximum Gasteiger partial charge on any atom is 0.123 e. The molecule has 0 bridgehead atoms. The molecule has 1 aromatic rings. The molecule has 0 radical (unpaired) electrons. The van der Waals surface area contributed by atoms with Gasteiger partial charge in [0.15, 0.2) is 0 Å². The van der Waals surface area contributed by atoms with E-state index in [2.05, 4.69) is 5.32 Å². The van der Waals surface area contributed by atoms with Gasteiger partial charge in [-0.3, -0.25) is 0 Å². The quantitative estimate of drug-likeness (QED) is 0.808. The fourth-order valence-electron chi connectivity index (χ4n) is 2.97. The van der Waals surface area contributed by atoms with Crippen molar-refractivity contribution >= 4 is 0 Å². The van der Waals surface area contributed by atoms with Gasteiger partial charge in [0, 0.05) is 12.1 Å². The van der Waals surface area contributed by atoms with E-state index in [1.807, 2.05) is 6.07 Å². The van der Waals surface area contributed by atoms with Crippen molar-refractivity contribution in [3.05, 3.63) is 35.6 Å². The van der Waals surface area contributed by atoms with Crippen molar-refractivity contribution < 1.29 is 9.13 Å². The Kier molecular flexibility index (Phi) is 2.89. The van der Waals surface area contributed by atoms with Crippen LogP contribution >= 0.6 is 0 Å². The second-order valence-electron chi connectivity index (χ2n) is 5.22. The van der Waals surface area contributed by atoms with Crippen molar-refractivity contribution in [1.82, 2.24) is 5.32 Å². The maximum atomic E-state index is 13.1. The molecule has 3 rings (SSSR count). The Bertz CT molecular complexity index is 391. The second-order valence-corrected chi connectivity index (χ2v) is 5.22. The summed E-state index contributed by atoms with van der Waals surface area (Å²) >= 11 is 0. The van der Waals surface area contributed by atoms with Gasteiger partial charge in [-0.2, -0.15) is 0 Å². The summed E-state index contributed by atoms with van der Waals surface area (Å²) in [7, 11) is 0. The summed E-state index contributed by atoms with van der Waals surface area (Å²) in [6, 6.07) is 6.72. The number of morpholine rings is 1. The lowest BCUT2D eigenvalue weighted by Crippen LogP contribution is -2.53. The SMILES string of the molecule is Fc1cccc(C2CNC3(CCCC3)CO2)c1. The van der Waals surface area contributed by atoms with Crippen molar-refractivity contribution in [2.24, 2.45) is 0 Å². The van der Waals surface area contributed by atoms with Gasteiger partial charge in [-0.1, -0.05) is 25.0 Å². The van der Waals surface area contributed by atoms with Gasteiger partial charge < -0.3 is 10.1 Å². The van der Waals surface area contributed by atoms with E-state index in [0.717, 1.165) is 18.7 Å². The van der Waals surface area contributed by atoms with Crippen LogP contribution < -0.4 is 5.32 Å². The lowest BCUT2D eigenvalue weighted by molar-refractivity contribution is -0.0327. The highest BCUT2D eigenvalue weighted by Gasteiger charge is 2.38. The number of nitrogens with one attached hydrogen (secondary N) is 1. The molecule has 1 unspecified atom stereocenters. The van der Waals surface area contributed by atoms with Crippen LogP contribution in [0.25, 0.3) is 0 Å². The van der Waals surface area contributed by atoms with Crippen LogP contribution in [0.3, 0.4) is 0 Å². The smallest absolute Gasteiger partial charge is 0.123 e. The molecule has 1 saturated heterocycles. The van der Waals surface area contributed by atoms with Crippen LogP contribution in [-0.2, 0) is 4.74 Å². The van der Waals surface area contributed by atoms with E-state index in [-0.39, 0.29) is 17.5 Å². The number of halogens is 1. The molecule has 1 aliphatic carbocycles. The van der Waals surface area contributed by atoms with Crippen LogP contribution in [0.15, 0.2) is 24.3 Å². The van der Waals surface area contributed by atoms with Crippen LogP contribution in [0.2, 0.25) is 0 Å². The fraction of sp³-hybridized carbons (Fsp3) is 0.571. The molecule has 2 aliphatic rings. The van der Waals surface area contributed by atoms with Gasteiger partial charge >= 0.3 is 0 Å². The van der Waals surface area contributed by atoms with Crippen molar-refractivity contribution in [3.8, 4) is 0 Å². The zero-order chi connectivity index (χ0) is 11.7. The van der Waals surface area contributed by atoms with E-state index in [1.165, 1.54) is 31.7 Å².